The van der Waals surface area contributed by atoms with Crippen molar-refractivity contribution in [1.29, 1.82) is 0 Å². The molecule has 0 bridgehead atoms. The third kappa shape index (κ3) is 5.00. The summed E-state index contributed by atoms with van der Waals surface area (Å²) in [7, 11) is 0. The minimum absolute atomic E-state index is 0.0399. The maximum absolute atomic E-state index is 12.3. The van der Waals surface area contributed by atoms with Gasteiger partial charge in [-0.15, -0.1) is 0 Å². The molecule has 1 saturated heterocycles. The van der Waals surface area contributed by atoms with E-state index in [2.05, 4.69) is 15.3 Å². The van der Waals surface area contributed by atoms with Crippen molar-refractivity contribution in [1.82, 2.24) is 4.90 Å². The fourth-order valence-corrected chi connectivity index (χ4v) is 3.09. The van der Waals surface area contributed by atoms with E-state index in [1.54, 1.807) is 6.92 Å². The van der Waals surface area contributed by atoms with E-state index in [9.17, 15) is 30.1 Å². The van der Waals surface area contributed by atoms with Gasteiger partial charge in [-0.05, 0) is 31.4 Å². The molecule has 156 valence electrons. The van der Waals surface area contributed by atoms with Gasteiger partial charge in [-0.25, -0.2) is 4.79 Å². The predicted molar refractivity (Wildman–Crippen MR) is 99.1 cm³/mol. The summed E-state index contributed by atoms with van der Waals surface area (Å²) in [5, 5.41) is 39.1. The lowest BCUT2D eigenvalue weighted by molar-refractivity contribution is -0.393. The number of carbonyl (C=O) groups is 1. The van der Waals surface area contributed by atoms with Gasteiger partial charge in [-0.2, -0.15) is 0 Å². The Morgan fingerprint density at radius 2 is 2.14 bits per heavy atom. The Morgan fingerprint density at radius 1 is 1.41 bits per heavy atom. The number of amides is 1. The number of non-ortho nitro benzene ring substituents is 1. The summed E-state index contributed by atoms with van der Waals surface area (Å²) in [6.07, 6.45) is -1.64. The first kappa shape index (κ1) is 21.7. The number of nitrogens with one attached hydrogen (secondary N) is 1. The molecule has 1 amide bonds. The first-order valence-electron chi connectivity index (χ1n) is 8.63. The molecule has 2 rings (SSSR count). The lowest BCUT2D eigenvalue weighted by atomic mass is 9.96. The van der Waals surface area contributed by atoms with Crippen molar-refractivity contribution in [2.45, 2.75) is 38.1 Å². The van der Waals surface area contributed by atoms with Gasteiger partial charge < -0.3 is 15.2 Å². The first-order valence-corrected chi connectivity index (χ1v) is 8.63. The van der Waals surface area contributed by atoms with E-state index in [-0.39, 0.29) is 25.3 Å². The molecule has 1 aliphatic rings. The Labute approximate surface area is 164 Å². The van der Waals surface area contributed by atoms with Crippen molar-refractivity contribution < 1.29 is 24.5 Å². The number of hydrogen-bond donors (Lipinski definition) is 2. The van der Waals surface area contributed by atoms with Crippen LogP contribution < -0.4 is 5.32 Å². The van der Waals surface area contributed by atoms with Gasteiger partial charge in [0, 0.05) is 23.6 Å². The molecular weight excluding hydrogens is 390 g/mol. The quantitative estimate of drug-likeness (QED) is 0.225. The number of aliphatic hydroxyl groups excluding tert-OH is 1. The number of aliphatic hydroxyl groups is 1. The number of piperidine rings is 1. The van der Waals surface area contributed by atoms with Gasteiger partial charge in [-0.1, -0.05) is 5.11 Å². The largest absolute Gasteiger partial charge is 0.450 e. The number of nitrogens with zero attached hydrogens (tertiary/aromatic N) is 6. The first-order chi connectivity index (χ1) is 13.8. The number of nitro groups is 2. The second-order valence-electron chi connectivity index (χ2n) is 6.13. The van der Waals surface area contributed by atoms with Crippen LogP contribution in [0.5, 0.6) is 0 Å². The molecule has 0 unspecified atom stereocenters. The van der Waals surface area contributed by atoms with Gasteiger partial charge in [0.05, 0.1) is 28.6 Å². The molecule has 29 heavy (non-hydrogen) atoms. The van der Waals surface area contributed by atoms with E-state index in [1.807, 2.05) is 0 Å². The Hall–Kier alpha value is -3.64. The van der Waals surface area contributed by atoms with Crippen LogP contribution in [0.1, 0.15) is 19.8 Å². The van der Waals surface area contributed by atoms with Gasteiger partial charge in [0.2, 0.25) is 0 Å². The van der Waals surface area contributed by atoms with Gasteiger partial charge >= 0.3 is 6.09 Å². The zero-order valence-electron chi connectivity index (χ0n) is 15.4. The molecule has 0 radical (unpaired) electrons. The number of ether oxygens (including phenoxy) is 1. The fourth-order valence-electron chi connectivity index (χ4n) is 3.09. The van der Waals surface area contributed by atoms with Crippen LogP contribution in [0.3, 0.4) is 0 Å². The Kier molecular flexibility index (Phi) is 7.11. The normalized spacial score (nSPS) is 21.0. The smallest absolute Gasteiger partial charge is 0.412 e. The molecule has 2 N–H and O–H groups in total. The minimum atomic E-state index is -1.43. The number of carbonyl (C=O) groups excluding carboxylic acids is 1. The van der Waals surface area contributed by atoms with Crippen molar-refractivity contribution >= 4 is 23.2 Å². The zero-order chi connectivity index (χ0) is 21.6. The predicted octanol–water partition coefficient (Wildman–Crippen LogP) is 2.53. The second-order valence-corrected chi connectivity index (χ2v) is 6.13. The van der Waals surface area contributed by atoms with Crippen LogP contribution in [0.15, 0.2) is 23.3 Å². The topological polar surface area (TPSA) is 197 Å². The number of anilines is 1. The average molecular weight is 409 g/mol. The molecule has 1 aliphatic heterocycles. The van der Waals surface area contributed by atoms with E-state index in [4.69, 9.17) is 10.3 Å². The highest BCUT2D eigenvalue weighted by Crippen LogP contribution is 2.32. The van der Waals surface area contributed by atoms with Crippen molar-refractivity contribution in [2.75, 3.05) is 18.5 Å². The number of azide groups is 1. The van der Waals surface area contributed by atoms with E-state index in [0.717, 1.165) is 17.0 Å². The highest BCUT2D eigenvalue weighted by atomic mass is 16.6. The summed E-state index contributed by atoms with van der Waals surface area (Å²) in [6, 6.07) is 1.65. The Bertz CT molecular complexity index is 842. The summed E-state index contributed by atoms with van der Waals surface area (Å²) < 4.78 is 4.95. The fraction of sp³-hybridized carbons (Fsp3) is 0.533. The van der Waals surface area contributed by atoms with E-state index >= 15 is 0 Å². The number of nitro benzene ring substituents is 2. The Balaban J connectivity index is 2.29. The van der Waals surface area contributed by atoms with E-state index < -0.39 is 45.6 Å². The summed E-state index contributed by atoms with van der Waals surface area (Å²) in [5.74, 6) is 0. The summed E-state index contributed by atoms with van der Waals surface area (Å²) in [6.45, 7) is 1.58. The van der Waals surface area contributed by atoms with Crippen LogP contribution in [-0.4, -0.2) is 57.4 Å². The SMILES string of the molecule is CCOC(=O)N1[C@H](CN=[N+]=[N-])CC[C@@H](Nc2ccc([N+](=O)[O-])cc2[N+](=O)[O-])[C@@H]1O. The third-order valence-corrected chi connectivity index (χ3v) is 4.41. The van der Waals surface area contributed by atoms with Crippen LogP contribution in [0, 0.1) is 20.2 Å². The molecule has 1 fully saturated rings. The van der Waals surface area contributed by atoms with Crippen molar-refractivity contribution in [3.63, 3.8) is 0 Å². The van der Waals surface area contributed by atoms with E-state index in [1.165, 1.54) is 6.07 Å². The lowest BCUT2D eigenvalue weighted by Crippen LogP contribution is -2.59. The average Bonchev–Trinajstić information content (AvgIpc) is 2.68. The van der Waals surface area contributed by atoms with Gasteiger partial charge in [0.1, 0.15) is 5.69 Å². The van der Waals surface area contributed by atoms with Crippen LogP contribution in [0.2, 0.25) is 0 Å². The molecule has 0 spiro atoms. The third-order valence-electron chi connectivity index (χ3n) is 4.41. The standard InChI is InChI=1S/C15H19N7O7/c1-2-29-15(24)20-10(8-17-19-16)4-6-12(14(20)23)18-11-5-3-9(21(25)26)7-13(11)22(27)28/h3,5,7,10,12,14,18,23H,2,4,6,8H2,1H3/t10-,12+,14-/m0/s1. The monoisotopic (exact) mass is 409 g/mol. The zero-order valence-corrected chi connectivity index (χ0v) is 15.4. The maximum Gasteiger partial charge on any atom is 0.412 e. The van der Waals surface area contributed by atoms with E-state index in [0.29, 0.717) is 6.42 Å². The highest BCUT2D eigenvalue weighted by molar-refractivity contribution is 5.69. The summed E-state index contributed by atoms with van der Waals surface area (Å²) in [4.78, 5) is 36.6. The van der Waals surface area contributed by atoms with Crippen LogP contribution in [-0.2, 0) is 4.74 Å². The molecule has 3 atom stereocenters. The highest BCUT2D eigenvalue weighted by Gasteiger charge is 2.40. The van der Waals surface area contributed by atoms with Gasteiger partial charge in [-0.3, -0.25) is 25.1 Å². The molecule has 0 saturated carbocycles. The van der Waals surface area contributed by atoms with Crippen LogP contribution in [0.25, 0.3) is 10.4 Å². The molecular formula is C15H19N7O7. The van der Waals surface area contributed by atoms with Crippen molar-refractivity contribution in [3.05, 3.63) is 48.9 Å². The van der Waals surface area contributed by atoms with Gasteiger partial charge in [0.25, 0.3) is 11.4 Å². The van der Waals surface area contributed by atoms with Crippen molar-refractivity contribution in [3.8, 4) is 0 Å². The second kappa shape index (κ2) is 9.52. The Morgan fingerprint density at radius 3 is 2.72 bits per heavy atom. The molecule has 14 nitrogen and oxygen atoms in total. The molecule has 1 heterocycles. The number of likely N-dealkylation sites (tertiary alicyclic amines) is 1. The molecule has 0 aromatic heterocycles. The maximum atomic E-state index is 12.3. The summed E-state index contributed by atoms with van der Waals surface area (Å²) >= 11 is 0. The lowest BCUT2D eigenvalue weighted by Gasteiger charge is -2.42. The molecule has 1 aromatic carbocycles. The number of benzene rings is 1. The number of rotatable bonds is 7. The molecule has 0 aliphatic carbocycles. The van der Waals surface area contributed by atoms with Crippen LogP contribution in [0.4, 0.5) is 21.9 Å². The van der Waals surface area contributed by atoms with Crippen LogP contribution >= 0.6 is 0 Å². The number of hydrogen-bond acceptors (Lipinski definition) is 9. The van der Waals surface area contributed by atoms with Gasteiger partial charge in [0.15, 0.2) is 6.23 Å². The molecule has 14 heteroatoms. The molecule has 1 aromatic rings. The summed E-state index contributed by atoms with van der Waals surface area (Å²) in [5.41, 5.74) is 7.49. The minimum Gasteiger partial charge on any atom is -0.450 e. The van der Waals surface area contributed by atoms with Crippen molar-refractivity contribution in [2.24, 2.45) is 5.11 Å².